The number of alkyl halides is 3. The van der Waals surface area contributed by atoms with Gasteiger partial charge in [-0.05, 0) is 32.1 Å². The molecule has 2 aliphatic rings. The maximum absolute atomic E-state index is 12.3. The minimum atomic E-state index is -4.60. The summed E-state index contributed by atoms with van der Waals surface area (Å²) in [6.07, 6.45) is -1.49. The SMILES string of the molecule is N[C@@H]1CC[C@@H](COCC2(OC(F)(F)F)CCC2)OC1. The first kappa shape index (κ1) is 15.0. The van der Waals surface area contributed by atoms with Crippen molar-refractivity contribution in [2.45, 2.75) is 56.2 Å². The van der Waals surface area contributed by atoms with Crippen LogP contribution < -0.4 is 5.73 Å². The zero-order valence-corrected chi connectivity index (χ0v) is 10.7. The van der Waals surface area contributed by atoms with Crippen molar-refractivity contribution >= 4 is 0 Å². The van der Waals surface area contributed by atoms with E-state index in [1.165, 1.54) is 0 Å². The predicted octanol–water partition coefficient (Wildman–Crippen LogP) is 1.97. The van der Waals surface area contributed by atoms with Crippen LogP contribution in [0.5, 0.6) is 0 Å². The summed E-state index contributed by atoms with van der Waals surface area (Å²) in [6.45, 7) is 0.756. The second-order valence-electron chi connectivity index (χ2n) is 5.39. The van der Waals surface area contributed by atoms with Crippen LogP contribution in [0.25, 0.3) is 0 Å². The minimum absolute atomic E-state index is 0.0293. The zero-order valence-electron chi connectivity index (χ0n) is 10.7. The fraction of sp³-hybridized carbons (Fsp3) is 1.00. The van der Waals surface area contributed by atoms with Gasteiger partial charge >= 0.3 is 6.36 Å². The van der Waals surface area contributed by atoms with Crippen LogP contribution in [0.15, 0.2) is 0 Å². The third-order valence-electron chi connectivity index (χ3n) is 3.67. The van der Waals surface area contributed by atoms with Crippen LogP contribution >= 0.6 is 0 Å². The Balaban J connectivity index is 1.69. The summed E-state index contributed by atoms with van der Waals surface area (Å²) >= 11 is 0. The number of halogens is 3. The largest absolute Gasteiger partial charge is 0.523 e. The van der Waals surface area contributed by atoms with Gasteiger partial charge in [0.15, 0.2) is 0 Å². The molecular weight excluding hydrogens is 263 g/mol. The van der Waals surface area contributed by atoms with Gasteiger partial charge in [0.2, 0.25) is 0 Å². The average Bonchev–Trinajstić information content (AvgIpc) is 2.27. The van der Waals surface area contributed by atoms with E-state index >= 15 is 0 Å². The lowest BCUT2D eigenvalue weighted by Gasteiger charge is -2.41. The number of rotatable bonds is 5. The Kier molecular flexibility index (Phi) is 4.70. The first-order chi connectivity index (χ1) is 8.89. The highest BCUT2D eigenvalue weighted by Gasteiger charge is 2.47. The van der Waals surface area contributed by atoms with E-state index in [9.17, 15) is 13.2 Å². The van der Waals surface area contributed by atoms with E-state index in [1.807, 2.05) is 0 Å². The highest BCUT2D eigenvalue weighted by molar-refractivity contribution is 4.90. The Hall–Kier alpha value is -0.370. The van der Waals surface area contributed by atoms with Crippen molar-refractivity contribution in [1.82, 2.24) is 0 Å². The number of ether oxygens (including phenoxy) is 3. The summed E-state index contributed by atoms with van der Waals surface area (Å²) < 4.78 is 51.8. The molecule has 19 heavy (non-hydrogen) atoms. The molecule has 112 valence electrons. The topological polar surface area (TPSA) is 53.7 Å². The van der Waals surface area contributed by atoms with E-state index in [4.69, 9.17) is 15.2 Å². The van der Waals surface area contributed by atoms with Crippen molar-refractivity contribution in [3.63, 3.8) is 0 Å². The van der Waals surface area contributed by atoms with Crippen LogP contribution in [0.1, 0.15) is 32.1 Å². The quantitative estimate of drug-likeness (QED) is 0.838. The smallest absolute Gasteiger partial charge is 0.376 e. The molecule has 0 aromatic heterocycles. The fourth-order valence-electron chi connectivity index (χ4n) is 2.43. The lowest BCUT2D eigenvalue weighted by atomic mass is 9.81. The fourth-order valence-corrected chi connectivity index (χ4v) is 2.43. The molecule has 0 spiro atoms. The van der Waals surface area contributed by atoms with Gasteiger partial charge in [-0.25, -0.2) is 0 Å². The average molecular weight is 283 g/mol. The van der Waals surface area contributed by atoms with E-state index in [0.29, 0.717) is 26.1 Å². The highest BCUT2D eigenvalue weighted by Crippen LogP contribution is 2.40. The standard InChI is InChI=1S/C12H20F3NO3/c13-12(14,15)19-11(4-1-5-11)8-17-7-10-3-2-9(16)6-18-10/h9-10H,1-8,16H2/t9-,10+/m1/s1. The van der Waals surface area contributed by atoms with E-state index in [1.54, 1.807) is 0 Å². The monoisotopic (exact) mass is 283 g/mol. The molecule has 1 saturated heterocycles. The Morgan fingerprint density at radius 3 is 2.47 bits per heavy atom. The second-order valence-corrected chi connectivity index (χ2v) is 5.39. The first-order valence-corrected chi connectivity index (χ1v) is 6.60. The molecule has 0 bridgehead atoms. The normalized spacial score (nSPS) is 30.9. The van der Waals surface area contributed by atoms with Crippen molar-refractivity contribution in [2.24, 2.45) is 5.73 Å². The Morgan fingerprint density at radius 2 is 2.00 bits per heavy atom. The Bertz CT molecular complexity index is 286. The summed E-state index contributed by atoms with van der Waals surface area (Å²) in [5.41, 5.74) is 4.51. The molecule has 0 unspecified atom stereocenters. The molecule has 0 amide bonds. The van der Waals surface area contributed by atoms with Gasteiger partial charge in [0, 0.05) is 6.04 Å². The molecule has 1 aliphatic heterocycles. The van der Waals surface area contributed by atoms with E-state index in [0.717, 1.165) is 19.3 Å². The molecule has 0 aromatic rings. The molecule has 1 heterocycles. The van der Waals surface area contributed by atoms with Crippen molar-refractivity contribution in [2.75, 3.05) is 19.8 Å². The molecule has 0 radical (unpaired) electrons. The number of hydrogen-bond acceptors (Lipinski definition) is 4. The van der Waals surface area contributed by atoms with E-state index in [-0.39, 0.29) is 18.8 Å². The van der Waals surface area contributed by atoms with Crippen molar-refractivity contribution in [3.8, 4) is 0 Å². The molecule has 7 heteroatoms. The molecule has 0 aromatic carbocycles. The van der Waals surface area contributed by atoms with Gasteiger partial charge in [-0.3, -0.25) is 4.74 Å². The Labute approximate surface area is 110 Å². The van der Waals surface area contributed by atoms with Gasteiger partial charge in [0.05, 0.1) is 25.9 Å². The van der Waals surface area contributed by atoms with Crippen molar-refractivity contribution in [1.29, 1.82) is 0 Å². The molecule has 2 N–H and O–H groups in total. The van der Waals surface area contributed by atoms with Gasteiger partial charge in [0.25, 0.3) is 0 Å². The first-order valence-electron chi connectivity index (χ1n) is 6.60. The van der Waals surface area contributed by atoms with Gasteiger partial charge in [-0.15, -0.1) is 13.2 Å². The van der Waals surface area contributed by atoms with Gasteiger partial charge in [0.1, 0.15) is 5.60 Å². The summed E-state index contributed by atoms with van der Waals surface area (Å²) in [4.78, 5) is 0. The molecule has 4 nitrogen and oxygen atoms in total. The molecule has 2 rings (SSSR count). The summed E-state index contributed by atoms with van der Waals surface area (Å²) in [7, 11) is 0. The summed E-state index contributed by atoms with van der Waals surface area (Å²) in [5.74, 6) is 0. The number of nitrogens with two attached hydrogens (primary N) is 1. The maximum Gasteiger partial charge on any atom is 0.523 e. The maximum atomic E-state index is 12.3. The van der Waals surface area contributed by atoms with Crippen LogP contribution in [0, 0.1) is 0 Å². The van der Waals surface area contributed by atoms with Crippen LogP contribution in [0.3, 0.4) is 0 Å². The van der Waals surface area contributed by atoms with E-state index < -0.39 is 12.0 Å². The third-order valence-corrected chi connectivity index (χ3v) is 3.67. The van der Waals surface area contributed by atoms with Gasteiger partial charge in [-0.1, -0.05) is 0 Å². The summed E-state index contributed by atoms with van der Waals surface area (Å²) in [5, 5.41) is 0. The molecular formula is C12H20F3NO3. The minimum Gasteiger partial charge on any atom is -0.376 e. The Morgan fingerprint density at radius 1 is 1.26 bits per heavy atom. The van der Waals surface area contributed by atoms with Gasteiger partial charge in [-0.2, -0.15) is 0 Å². The zero-order chi connectivity index (χ0) is 13.9. The molecule has 2 atom stereocenters. The van der Waals surface area contributed by atoms with Gasteiger partial charge < -0.3 is 15.2 Å². The van der Waals surface area contributed by atoms with E-state index in [2.05, 4.69) is 4.74 Å². The van der Waals surface area contributed by atoms with Crippen LogP contribution in [-0.2, 0) is 14.2 Å². The molecule has 1 aliphatic carbocycles. The van der Waals surface area contributed by atoms with Crippen LogP contribution in [0.4, 0.5) is 13.2 Å². The van der Waals surface area contributed by atoms with Crippen LogP contribution in [-0.4, -0.2) is 43.9 Å². The van der Waals surface area contributed by atoms with Crippen molar-refractivity contribution in [3.05, 3.63) is 0 Å². The van der Waals surface area contributed by atoms with Crippen LogP contribution in [0.2, 0.25) is 0 Å². The second kappa shape index (κ2) is 5.95. The lowest BCUT2D eigenvalue weighted by molar-refractivity contribution is -0.384. The highest BCUT2D eigenvalue weighted by atomic mass is 19.4. The molecule has 1 saturated carbocycles. The van der Waals surface area contributed by atoms with Crippen molar-refractivity contribution < 1.29 is 27.4 Å². The number of hydrogen-bond donors (Lipinski definition) is 1. The lowest BCUT2D eigenvalue weighted by Crippen LogP contribution is -2.48. The third kappa shape index (κ3) is 4.59. The molecule has 2 fully saturated rings. The predicted molar refractivity (Wildman–Crippen MR) is 61.5 cm³/mol. The summed E-state index contributed by atoms with van der Waals surface area (Å²) in [6, 6.07) is 0.0581.